The molecule has 1 fully saturated rings. The highest BCUT2D eigenvalue weighted by Gasteiger charge is 2.48. The lowest BCUT2D eigenvalue weighted by Gasteiger charge is -2.27. The summed E-state index contributed by atoms with van der Waals surface area (Å²) in [4.78, 5) is 28.7. The molecule has 0 saturated carbocycles. The maximum absolute atomic E-state index is 13.7. The van der Waals surface area contributed by atoms with E-state index in [-0.39, 0.29) is 25.2 Å². The van der Waals surface area contributed by atoms with E-state index in [2.05, 4.69) is 38.2 Å². The third-order valence-corrected chi connectivity index (χ3v) is 8.51. The number of carbonyl (C=O) groups is 2. The Morgan fingerprint density at radius 2 is 1.64 bits per heavy atom. The van der Waals surface area contributed by atoms with Gasteiger partial charge in [0.2, 0.25) is 12.7 Å². The Morgan fingerprint density at radius 3 is 2.30 bits per heavy atom. The summed E-state index contributed by atoms with van der Waals surface area (Å²) in [5, 5.41) is 13.8. The van der Waals surface area contributed by atoms with Gasteiger partial charge in [0, 0.05) is 44.3 Å². The number of nitrogens with one attached hydrogen (secondary N) is 1. The minimum Gasteiger partial charge on any atom is -0.494 e. The largest absolute Gasteiger partial charge is 0.494 e. The van der Waals surface area contributed by atoms with Crippen LogP contribution in [0.1, 0.15) is 60.0 Å². The predicted octanol–water partition coefficient (Wildman–Crippen LogP) is 5.74. The lowest BCUT2D eigenvalue weighted by Crippen LogP contribution is -2.35. The van der Waals surface area contributed by atoms with Crippen LogP contribution >= 0.6 is 0 Å². The molecule has 1 amide bonds. The Bertz CT molecular complexity index is 1450. The van der Waals surface area contributed by atoms with Crippen LogP contribution in [-0.2, 0) is 27.2 Å². The summed E-state index contributed by atoms with van der Waals surface area (Å²) < 4.78 is 22.0. The third-order valence-electron chi connectivity index (χ3n) is 8.51. The molecule has 9 nitrogen and oxygen atoms in total. The lowest BCUT2D eigenvalue weighted by atomic mass is 9.82. The topological polar surface area (TPSA) is 107 Å². The van der Waals surface area contributed by atoms with Gasteiger partial charge >= 0.3 is 5.97 Å². The van der Waals surface area contributed by atoms with Crippen LogP contribution in [0.5, 0.6) is 17.2 Å². The van der Waals surface area contributed by atoms with Gasteiger partial charge in [-0.25, -0.2) is 0 Å². The molecule has 2 heterocycles. The van der Waals surface area contributed by atoms with Crippen LogP contribution in [0, 0.1) is 12.8 Å². The number of benzene rings is 3. The van der Waals surface area contributed by atoms with Crippen LogP contribution in [0.3, 0.4) is 0 Å². The number of methoxy groups -OCH3 is 1. The number of aryl methyl sites for hydroxylation is 3. The Kier molecular flexibility index (Phi) is 10.1. The van der Waals surface area contributed by atoms with Crippen molar-refractivity contribution in [2.45, 2.75) is 52.0 Å². The van der Waals surface area contributed by atoms with Gasteiger partial charge in [-0.05, 0) is 66.3 Å². The lowest BCUT2D eigenvalue weighted by molar-refractivity contribution is -0.143. The molecule has 2 aliphatic rings. The third kappa shape index (κ3) is 6.84. The van der Waals surface area contributed by atoms with E-state index in [1.165, 1.54) is 5.56 Å². The van der Waals surface area contributed by atoms with Gasteiger partial charge in [0.1, 0.15) is 5.75 Å². The van der Waals surface area contributed by atoms with E-state index in [1.54, 1.807) is 7.11 Å². The summed E-state index contributed by atoms with van der Waals surface area (Å²) >= 11 is 0. The number of carboxylic acids is 1. The molecule has 0 aliphatic carbocycles. The van der Waals surface area contributed by atoms with E-state index in [0.717, 1.165) is 47.2 Å². The normalized spacial score (nSPS) is 19.2. The van der Waals surface area contributed by atoms with Crippen LogP contribution < -0.4 is 19.5 Å². The number of nitrogens with zero attached hydrogens (tertiary/aromatic N) is 1. The van der Waals surface area contributed by atoms with Crippen LogP contribution in [0.2, 0.25) is 0 Å². The maximum atomic E-state index is 13.7. The molecule has 5 rings (SSSR count). The standard InChI is InChI=1S/C35H42N2O7/c1-5-23-16-22(3)17-24(6-2)33(23)36-31(38)20-37-19-28(26-10-13-29-30(18-26)44-21-43-29)32(35(39)40)34(37)25-8-11-27(12-9-25)42-15-7-14-41-4/h8-13,16-18,28,32,34H,5-7,14-15,19-21H2,1-4H3,(H,36,38)(H,39,40)/t28-,32-,34+/m1/s1. The summed E-state index contributed by atoms with van der Waals surface area (Å²) in [6.07, 6.45) is 2.36. The number of carboxylic acid groups (broad SMARTS) is 1. The van der Waals surface area contributed by atoms with Gasteiger partial charge in [0.05, 0.1) is 19.1 Å². The monoisotopic (exact) mass is 602 g/mol. The minimum atomic E-state index is -0.916. The summed E-state index contributed by atoms with van der Waals surface area (Å²) in [5.41, 5.74) is 5.87. The van der Waals surface area contributed by atoms with Crippen molar-refractivity contribution in [3.63, 3.8) is 0 Å². The molecule has 2 aliphatic heterocycles. The van der Waals surface area contributed by atoms with Crippen molar-refractivity contribution in [1.82, 2.24) is 4.90 Å². The molecule has 0 spiro atoms. The Labute approximate surface area is 259 Å². The second-order valence-corrected chi connectivity index (χ2v) is 11.4. The number of rotatable bonds is 13. The minimum absolute atomic E-state index is 0.0466. The zero-order chi connectivity index (χ0) is 31.2. The fourth-order valence-corrected chi connectivity index (χ4v) is 6.45. The molecule has 3 atom stereocenters. The molecule has 0 radical (unpaired) electrons. The molecule has 3 aromatic rings. The van der Waals surface area contributed by atoms with Crippen molar-refractivity contribution in [3.8, 4) is 17.2 Å². The molecule has 0 aromatic heterocycles. The number of hydrogen-bond donors (Lipinski definition) is 2. The van der Waals surface area contributed by atoms with Crippen molar-refractivity contribution >= 4 is 17.6 Å². The average molecular weight is 603 g/mol. The average Bonchev–Trinajstić information content (AvgIpc) is 3.64. The van der Waals surface area contributed by atoms with Gasteiger partial charge in [-0.15, -0.1) is 0 Å². The maximum Gasteiger partial charge on any atom is 0.309 e. The molecule has 234 valence electrons. The number of fused-ring (bicyclic) bond motifs is 1. The van der Waals surface area contributed by atoms with E-state index in [9.17, 15) is 14.7 Å². The van der Waals surface area contributed by atoms with Crippen molar-refractivity contribution < 1.29 is 33.6 Å². The van der Waals surface area contributed by atoms with E-state index in [0.29, 0.717) is 37.0 Å². The SMILES string of the molecule is CCc1cc(C)cc(CC)c1NC(=O)CN1C[C@H](c2ccc3c(c2)OCO3)[C@@H](C(=O)O)[C@@H]1c1ccc(OCCCOC)cc1. The van der Waals surface area contributed by atoms with Gasteiger partial charge in [-0.2, -0.15) is 0 Å². The molecule has 1 saturated heterocycles. The van der Waals surface area contributed by atoms with Gasteiger partial charge in [0.25, 0.3) is 0 Å². The van der Waals surface area contributed by atoms with Crippen molar-refractivity contribution in [2.24, 2.45) is 5.92 Å². The van der Waals surface area contributed by atoms with E-state index >= 15 is 0 Å². The number of likely N-dealkylation sites (tertiary alicyclic amines) is 1. The number of anilines is 1. The van der Waals surface area contributed by atoms with Crippen molar-refractivity contribution in [3.05, 3.63) is 82.4 Å². The first-order chi connectivity index (χ1) is 21.3. The Morgan fingerprint density at radius 1 is 0.955 bits per heavy atom. The molecule has 44 heavy (non-hydrogen) atoms. The highest BCUT2D eigenvalue weighted by Crippen LogP contribution is 2.47. The zero-order valence-corrected chi connectivity index (χ0v) is 25.9. The van der Waals surface area contributed by atoms with Gasteiger partial charge in [0.15, 0.2) is 11.5 Å². The molecule has 0 bridgehead atoms. The number of amides is 1. The van der Waals surface area contributed by atoms with E-state index in [4.69, 9.17) is 18.9 Å². The number of hydrogen-bond acceptors (Lipinski definition) is 7. The fourth-order valence-electron chi connectivity index (χ4n) is 6.45. The predicted molar refractivity (Wildman–Crippen MR) is 168 cm³/mol. The second-order valence-electron chi connectivity index (χ2n) is 11.4. The fraction of sp³-hybridized carbons (Fsp3) is 0.429. The second kappa shape index (κ2) is 14.1. The molecule has 3 aromatic carbocycles. The molecular weight excluding hydrogens is 560 g/mol. The van der Waals surface area contributed by atoms with Crippen LogP contribution in [0.25, 0.3) is 0 Å². The zero-order valence-electron chi connectivity index (χ0n) is 25.9. The van der Waals surface area contributed by atoms with E-state index in [1.807, 2.05) is 47.4 Å². The van der Waals surface area contributed by atoms with Crippen LogP contribution in [0.4, 0.5) is 5.69 Å². The van der Waals surface area contributed by atoms with Crippen LogP contribution in [-0.4, -0.2) is 62.1 Å². The molecular formula is C35H42N2O7. The first-order valence-corrected chi connectivity index (χ1v) is 15.3. The summed E-state index contributed by atoms with van der Waals surface area (Å²) in [6.45, 7) is 7.93. The summed E-state index contributed by atoms with van der Waals surface area (Å²) in [5.74, 6) is -0.311. The highest BCUT2D eigenvalue weighted by molar-refractivity contribution is 5.94. The van der Waals surface area contributed by atoms with Gasteiger partial charge in [-0.1, -0.05) is 49.7 Å². The number of aliphatic carboxylic acids is 1. The molecule has 2 N–H and O–H groups in total. The first kappa shape index (κ1) is 31.3. The quantitative estimate of drug-likeness (QED) is 0.239. The Hall–Kier alpha value is -4.08. The number of carbonyl (C=O) groups excluding carboxylic acids is 1. The molecule has 9 heteroatoms. The highest BCUT2D eigenvalue weighted by atomic mass is 16.7. The van der Waals surface area contributed by atoms with Gasteiger partial charge < -0.3 is 29.4 Å². The molecule has 0 unspecified atom stereocenters. The van der Waals surface area contributed by atoms with Crippen LogP contribution in [0.15, 0.2) is 54.6 Å². The summed E-state index contributed by atoms with van der Waals surface area (Å²) in [6, 6.07) is 16.8. The smallest absolute Gasteiger partial charge is 0.309 e. The van der Waals surface area contributed by atoms with Crippen molar-refractivity contribution in [2.75, 3.05) is 45.5 Å². The van der Waals surface area contributed by atoms with E-state index < -0.39 is 17.9 Å². The Balaban J connectivity index is 1.45. The number of ether oxygens (including phenoxy) is 4. The first-order valence-electron chi connectivity index (χ1n) is 15.3. The van der Waals surface area contributed by atoms with Crippen molar-refractivity contribution in [1.29, 1.82) is 0 Å². The summed E-state index contributed by atoms with van der Waals surface area (Å²) in [7, 11) is 1.66. The van der Waals surface area contributed by atoms with Gasteiger partial charge in [-0.3, -0.25) is 14.5 Å².